The summed E-state index contributed by atoms with van der Waals surface area (Å²) >= 11 is 0. The van der Waals surface area contributed by atoms with Crippen LogP contribution in [0.3, 0.4) is 0 Å². The topological polar surface area (TPSA) is 21.3 Å². The molecule has 0 heterocycles. The molecular formula is C14H31NO. The Kier molecular flexibility index (Phi) is 11.3. The summed E-state index contributed by atoms with van der Waals surface area (Å²) in [6, 6.07) is 0.713. The monoisotopic (exact) mass is 229 g/mol. The lowest BCUT2D eigenvalue weighted by Crippen LogP contribution is -2.29. The normalized spacial score (nSPS) is 13.3. The van der Waals surface area contributed by atoms with E-state index in [9.17, 15) is 0 Å². The predicted molar refractivity (Wildman–Crippen MR) is 71.9 cm³/mol. The van der Waals surface area contributed by atoms with Gasteiger partial charge in [-0.2, -0.15) is 0 Å². The van der Waals surface area contributed by atoms with Gasteiger partial charge in [-0.05, 0) is 31.7 Å². The number of nitrogens with one attached hydrogen (secondary N) is 1. The van der Waals surface area contributed by atoms with E-state index in [0.717, 1.165) is 26.2 Å². The van der Waals surface area contributed by atoms with Gasteiger partial charge in [-0.15, -0.1) is 0 Å². The van der Waals surface area contributed by atoms with Gasteiger partial charge in [-0.1, -0.05) is 40.5 Å². The van der Waals surface area contributed by atoms with Gasteiger partial charge in [0.2, 0.25) is 0 Å². The number of hydrogen-bond acceptors (Lipinski definition) is 2. The number of ether oxygens (including phenoxy) is 1. The van der Waals surface area contributed by atoms with Crippen molar-refractivity contribution >= 4 is 0 Å². The van der Waals surface area contributed by atoms with Crippen molar-refractivity contribution in [2.45, 2.75) is 65.8 Å². The number of hydrogen-bond donors (Lipinski definition) is 1. The Morgan fingerprint density at radius 2 is 1.88 bits per heavy atom. The molecule has 1 atom stereocenters. The van der Waals surface area contributed by atoms with E-state index >= 15 is 0 Å². The molecule has 0 aliphatic carbocycles. The Morgan fingerprint density at radius 3 is 2.44 bits per heavy atom. The van der Waals surface area contributed by atoms with Crippen molar-refractivity contribution in [1.82, 2.24) is 5.32 Å². The SMILES string of the molecule is CCCCC(CC)NCCCOCC(C)C. The van der Waals surface area contributed by atoms with Crippen LogP contribution < -0.4 is 5.32 Å². The van der Waals surface area contributed by atoms with Crippen LogP contribution in [-0.4, -0.2) is 25.8 Å². The smallest absolute Gasteiger partial charge is 0.0489 e. The van der Waals surface area contributed by atoms with Gasteiger partial charge in [0.15, 0.2) is 0 Å². The molecule has 0 aliphatic rings. The van der Waals surface area contributed by atoms with Gasteiger partial charge in [-0.3, -0.25) is 0 Å². The predicted octanol–water partition coefficient (Wildman–Crippen LogP) is 3.61. The lowest BCUT2D eigenvalue weighted by atomic mass is 10.1. The van der Waals surface area contributed by atoms with Gasteiger partial charge in [-0.25, -0.2) is 0 Å². The van der Waals surface area contributed by atoms with E-state index in [1.54, 1.807) is 0 Å². The largest absolute Gasteiger partial charge is 0.381 e. The lowest BCUT2D eigenvalue weighted by molar-refractivity contribution is 0.107. The van der Waals surface area contributed by atoms with E-state index in [1.165, 1.54) is 25.7 Å². The Hall–Kier alpha value is -0.0800. The molecule has 2 nitrogen and oxygen atoms in total. The van der Waals surface area contributed by atoms with Gasteiger partial charge in [0.25, 0.3) is 0 Å². The molecule has 16 heavy (non-hydrogen) atoms. The Morgan fingerprint density at radius 1 is 1.12 bits per heavy atom. The fourth-order valence-electron chi connectivity index (χ4n) is 1.70. The zero-order chi connectivity index (χ0) is 12.2. The highest BCUT2D eigenvalue weighted by atomic mass is 16.5. The average molecular weight is 229 g/mol. The van der Waals surface area contributed by atoms with Crippen molar-refractivity contribution in [2.24, 2.45) is 5.92 Å². The van der Waals surface area contributed by atoms with Crippen molar-refractivity contribution in [3.8, 4) is 0 Å². The lowest BCUT2D eigenvalue weighted by Gasteiger charge is -2.16. The maximum absolute atomic E-state index is 5.55. The van der Waals surface area contributed by atoms with E-state index in [1.807, 2.05) is 0 Å². The molecule has 0 aromatic rings. The molecule has 2 heteroatoms. The molecule has 98 valence electrons. The van der Waals surface area contributed by atoms with E-state index in [2.05, 4.69) is 33.0 Å². The van der Waals surface area contributed by atoms with Crippen LogP contribution in [0.1, 0.15) is 59.8 Å². The maximum atomic E-state index is 5.55. The molecule has 0 fully saturated rings. The second kappa shape index (κ2) is 11.4. The molecule has 0 radical (unpaired) electrons. The van der Waals surface area contributed by atoms with Crippen molar-refractivity contribution in [3.05, 3.63) is 0 Å². The zero-order valence-corrected chi connectivity index (χ0v) is 11.7. The minimum Gasteiger partial charge on any atom is -0.381 e. The third-order valence-electron chi connectivity index (χ3n) is 2.75. The van der Waals surface area contributed by atoms with Crippen LogP contribution in [-0.2, 0) is 4.74 Å². The molecular weight excluding hydrogens is 198 g/mol. The van der Waals surface area contributed by atoms with Crippen LogP contribution in [0.15, 0.2) is 0 Å². The number of unbranched alkanes of at least 4 members (excludes halogenated alkanes) is 1. The molecule has 0 bridgehead atoms. The van der Waals surface area contributed by atoms with Crippen molar-refractivity contribution in [1.29, 1.82) is 0 Å². The van der Waals surface area contributed by atoms with Gasteiger partial charge < -0.3 is 10.1 Å². The first-order valence-electron chi connectivity index (χ1n) is 7.01. The Labute approximate surface area is 102 Å². The molecule has 0 rings (SSSR count). The highest BCUT2D eigenvalue weighted by Crippen LogP contribution is 2.03. The molecule has 1 unspecified atom stereocenters. The van der Waals surface area contributed by atoms with Gasteiger partial charge >= 0.3 is 0 Å². The second-order valence-corrected chi connectivity index (χ2v) is 5.02. The van der Waals surface area contributed by atoms with Crippen LogP contribution in [0.5, 0.6) is 0 Å². The average Bonchev–Trinajstić information content (AvgIpc) is 2.26. The molecule has 0 amide bonds. The first-order valence-corrected chi connectivity index (χ1v) is 7.01. The minimum absolute atomic E-state index is 0.654. The fraction of sp³-hybridized carbons (Fsp3) is 1.00. The molecule has 0 spiro atoms. The van der Waals surface area contributed by atoms with E-state index in [-0.39, 0.29) is 0 Å². The standard InChI is InChI=1S/C14H31NO/c1-5-7-9-14(6-2)15-10-8-11-16-12-13(3)4/h13-15H,5-12H2,1-4H3. The third-order valence-corrected chi connectivity index (χ3v) is 2.75. The molecule has 0 aliphatic heterocycles. The van der Waals surface area contributed by atoms with Crippen LogP contribution in [0.2, 0.25) is 0 Å². The third kappa shape index (κ3) is 10.4. The molecule has 1 N–H and O–H groups in total. The van der Waals surface area contributed by atoms with Crippen LogP contribution in [0.25, 0.3) is 0 Å². The first kappa shape index (κ1) is 15.9. The summed E-state index contributed by atoms with van der Waals surface area (Å²) < 4.78 is 5.55. The number of rotatable bonds is 11. The summed E-state index contributed by atoms with van der Waals surface area (Å²) in [5.74, 6) is 0.654. The summed E-state index contributed by atoms with van der Waals surface area (Å²) in [5, 5.41) is 3.61. The first-order chi connectivity index (χ1) is 7.70. The van der Waals surface area contributed by atoms with E-state index in [0.29, 0.717) is 12.0 Å². The second-order valence-electron chi connectivity index (χ2n) is 5.02. The van der Waals surface area contributed by atoms with Gasteiger partial charge in [0.05, 0.1) is 0 Å². The van der Waals surface area contributed by atoms with E-state index in [4.69, 9.17) is 4.74 Å². The molecule has 0 saturated heterocycles. The van der Waals surface area contributed by atoms with E-state index < -0.39 is 0 Å². The summed E-state index contributed by atoms with van der Waals surface area (Å²) in [6.07, 6.45) is 6.34. The van der Waals surface area contributed by atoms with Crippen molar-refractivity contribution in [3.63, 3.8) is 0 Å². The summed E-state index contributed by atoms with van der Waals surface area (Å²) in [6.45, 7) is 11.8. The summed E-state index contributed by atoms with van der Waals surface area (Å²) in [4.78, 5) is 0. The van der Waals surface area contributed by atoms with Crippen LogP contribution >= 0.6 is 0 Å². The molecule has 0 aromatic heterocycles. The minimum atomic E-state index is 0.654. The molecule has 0 aromatic carbocycles. The highest BCUT2D eigenvalue weighted by molar-refractivity contribution is 4.64. The van der Waals surface area contributed by atoms with Crippen molar-refractivity contribution < 1.29 is 4.74 Å². The highest BCUT2D eigenvalue weighted by Gasteiger charge is 2.03. The maximum Gasteiger partial charge on any atom is 0.0489 e. The molecule has 0 saturated carbocycles. The van der Waals surface area contributed by atoms with Gasteiger partial charge in [0, 0.05) is 19.3 Å². The van der Waals surface area contributed by atoms with Crippen molar-refractivity contribution in [2.75, 3.05) is 19.8 Å². The summed E-state index contributed by atoms with van der Waals surface area (Å²) in [5.41, 5.74) is 0. The zero-order valence-electron chi connectivity index (χ0n) is 11.7. The summed E-state index contributed by atoms with van der Waals surface area (Å²) in [7, 11) is 0. The Bertz CT molecular complexity index is 137. The quantitative estimate of drug-likeness (QED) is 0.547. The van der Waals surface area contributed by atoms with Crippen LogP contribution in [0.4, 0.5) is 0 Å². The fourth-order valence-corrected chi connectivity index (χ4v) is 1.70. The van der Waals surface area contributed by atoms with Gasteiger partial charge in [0.1, 0.15) is 0 Å². The Balaban J connectivity index is 3.27. The van der Waals surface area contributed by atoms with Crippen LogP contribution in [0, 0.1) is 5.92 Å².